The molecule has 0 spiro atoms. The van der Waals surface area contributed by atoms with Crippen molar-refractivity contribution in [3.8, 4) is 6.07 Å². The van der Waals surface area contributed by atoms with Crippen LogP contribution >= 0.6 is 0 Å². The highest BCUT2D eigenvalue weighted by Gasteiger charge is 2.10. The monoisotopic (exact) mass is 247 g/mol. The number of nitrogens with two attached hydrogens (primary N) is 1. The molecular formula is C13H17N3O2. The van der Waals surface area contributed by atoms with Crippen LogP contribution in [0.3, 0.4) is 0 Å². The van der Waals surface area contributed by atoms with Crippen LogP contribution in [0.15, 0.2) is 18.2 Å². The van der Waals surface area contributed by atoms with Crippen LogP contribution in [0.5, 0.6) is 0 Å². The molecule has 5 heteroatoms. The van der Waals surface area contributed by atoms with Crippen LogP contribution in [0.25, 0.3) is 0 Å². The number of nitrogen functional groups attached to an aromatic ring is 1. The summed E-state index contributed by atoms with van der Waals surface area (Å²) < 4.78 is 4.96. The minimum Gasteiger partial charge on any atom is -0.464 e. The van der Waals surface area contributed by atoms with E-state index in [4.69, 9.17) is 15.7 Å². The Labute approximate surface area is 107 Å². The van der Waals surface area contributed by atoms with Crippen LogP contribution in [-0.4, -0.2) is 18.6 Å². The molecule has 1 rings (SSSR count). The van der Waals surface area contributed by atoms with Gasteiger partial charge in [-0.1, -0.05) is 6.92 Å². The van der Waals surface area contributed by atoms with Crippen LogP contribution in [-0.2, 0) is 9.53 Å². The molecule has 0 aromatic heterocycles. The zero-order valence-corrected chi connectivity index (χ0v) is 10.6. The number of nitrogens with one attached hydrogen (secondary N) is 1. The number of anilines is 2. The molecule has 0 saturated heterocycles. The maximum absolute atomic E-state index is 10.8. The van der Waals surface area contributed by atoms with Gasteiger partial charge in [-0.05, 0) is 24.6 Å². The van der Waals surface area contributed by atoms with Gasteiger partial charge in [-0.3, -0.25) is 4.79 Å². The van der Waals surface area contributed by atoms with Crippen LogP contribution in [0, 0.1) is 11.3 Å². The molecule has 1 unspecified atom stereocenters. The number of benzene rings is 1. The second-order valence-electron chi connectivity index (χ2n) is 3.97. The molecule has 5 nitrogen and oxygen atoms in total. The molecule has 0 radical (unpaired) electrons. The van der Waals surface area contributed by atoms with Gasteiger partial charge in [0.1, 0.15) is 6.61 Å². The van der Waals surface area contributed by atoms with E-state index in [2.05, 4.69) is 5.32 Å². The molecule has 3 N–H and O–H groups in total. The Morgan fingerprint density at radius 1 is 1.61 bits per heavy atom. The van der Waals surface area contributed by atoms with E-state index in [0.29, 0.717) is 17.9 Å². The van der Waals surface area contributed by atoms with Crippen molar-refractivity contribution in [2.75, 3.05) is 17.7 Å². The van der Waals surface area contributed by atoms with Crippen LogP contribution in [0.1, 0.15) is 25.8 Å². The first-order valence-corrected chi connectivity index (χ1v) is 5.76. The SMILES string of the molecule is CCC(COC(C)=O)Nc1ccc(C#N)cc1N. The van der Waals surface area contributed by atoms with Gasteiger partial charge in [-0.25, -0.2) is 0 Å². The van der Waals surface area contributed by atoms with Crippen LogP contribution in [0.4, 0.5) is 11.4 Å². The maximum Gasteiger partial charge on any atom is 0.302 e. The molecule has 0 bridgehead atoms. The molecule has 0 aliphatic carbocycles. The van der Waals surface area contributed by atoms with Gasteiger partial charge >= 0.3 is 5.97 Å². The lowest BCUT2D eigenvalue weighted by molar-refractivity contribution is -0.141. The molecular weight excluding hydrogens is 230 g/mol. The van der Waals surface area contributed by atoms with Gasteiger partial charge < -0.3 is 15.8 Å². The average molecular weight is 247 g/mol. The van der Waals surface area contributed by atoms with Gasteiger partial charge in [0, 0.05) is 6.92 Å². The van der Waals surface area contributed by atoms with E-state index < -0.39 is 0 Å². The Balaban J connectivity index is 2.70. The van der Waals surface area contributed by atoms with Crippen molar-refractivity contribution in [1.82, 2.24) is 0 Å². The van der Waals surface area contributed by atoms with Crippen molar-refractivity contribution >= 4 is 17.3 Å². The van der Waals surface area contributed by atoms with Gasteiger partial charge in [0.15, 0.2) is 0 Å². The molecule has 1 aromatic rings. The number of carbonyl (C=O) groups is 1. The second-order valence-corrected chi connectivity index (χ2v) is 3.97. The molecule has 0 saturated carbocycles. The minimum absolute atomic E-state index is 0.00383. The normalized spacial score (nSPS) is 11.4. The summed E-state index contributed by atoms with van der Waals surface area (Å²) in [6.45, 7) is 3.66. The van der Waals surface area contributed by atoms with E-state index in [1.54, 1.807) is 18.2 Å². The first-order valence-electron chi connectivity index (χ1n) is 5.76. The number of rotatable bonds is 5. The summed E-state index contributed by atoms with van der Waals surface area (Å²) in [4.78, 5) is 10.8. The quantitative estimate of drug-likeness (QED) is 0.612. The van der Waals surface area contributed by atoms with E-state index >= 15 is 0 Å². The Hall–Kier alpha value is -2.22. The summed E-state index contributed by atoms with van der Waals surface area (Å²) in [5, 5.41) is 11.9. The lowest BCUT2D eigenvalue weighted by Crippen LogP contribution is -2.26. The van der Waals surface area contributed by atoms with Gasteiger partial charge in [-0.2, -0.15) is 5.26 Å². The lowest BCUT2D eigenvalue weighted by Gasteiger charge is -2.19. The highest BCUT2D eigenvalue weighted by molar-refractivity contribution is 5.69. The van der Waals surface area contributed by atoms with Crippen molar-refractivity contribution in [1.29, 1.82) is 5.26 Å². The number of hydrogen-bond acceptors (Lipinski definition) is 5. The van der Waals surface area contributed by atoms with E-state index in [0.717, 1.165) is 12.1 Å². The van der Waals surface area contributed by atoms with E-state index in [-0.39, 0.29) is 12.0 Å². The number of hydrogen-bond donors (Lipinski definition) is 2. The van der Waals surface area contributed by atoms with Crippen molar-refractivity contribution < 1.29 is 9.53 Å². The van der Waals surface area contributed by atoms with Crippen molar-refractivity contribution in [2.45, 2.75) is 26.3 Å². The average Bonchev–Trinajstić information content (AvgIpc) is 2.35. The Kier molecular flexibility index (Phi) is 5.00. The molecule has 0 heterocycles. The lowest BCUT2D eigenvalue weighted by atomic mass is 10.1. The minimum atomic E-state index is -0.303. The zero-order chi connectivity index (χ0) is 13.5. The number of carbonyl (C=O) groups excluding carboxylic acids is 1. The Bertz CT molecular complexity index is 466. The molecule has 0 amide bonds. The van der Waals surface area contributed by atoms with Gasteiger partial charge in [-0.15, -0.1) is 0 Å². The predicted molar refractivity (Wildman–Crippen MR) is 69.9 cm³/mol. The third-order valence-electron chi connectivity index (χ3n) is 2.52. The summed E-state index contributed by atoms with van der Waals surface area (Å²) in [7, 11) is 0. The van der Waals surface area contributed by atoms with Crippen molar-refractivity contribution in [3.05, 3.63) is 23.8 Å². The molecule has 0 fully saturated rings. The number of nitriles is 1. The first-order chi connectivity index (χ1) is 8.56. The fourth-order valence-corrected chi connectivity index (χ4v) is 1.46. The summed E-state index contributed by atoms with van der Waals surface area (Å²) in [5.41, 5.74) is 7.61. The fourth-order valence-electron chi connectivity index (χ4n) is 1.46. The third kappa shape index (κ3) is 3.98. The van der Waals surface area contributed by atoms with Gasteiger partial charge in [0.05, 0.1) is 29.0 Å². The predicted octanol–water partition coefficient (Wildman–Crippen LogP) is 1.89. The molecule has 0 aliphatic rings. The molecule has 1 atom stereocenters. The number of esters is 1. The van der Waals surface area contributed by atoms with E-state index in [9.17, 15) is 4.79 Å². The fraction of sp³-hybridized carbons (Fsp3) is 0.385. The smallest absolute Gasteiger partial charge is 0.302 e. The van der Waals surface area contributed by atoms with Gasteiger partial charge in [0.2, 0.25) is 0 Å². The van der Waals surface area contributed by atoms with Crippen LogP contribution in [0.2, 0.25) is 0 Å². The number of ether oxygens (including phenoxy) is 1. The van der Waals surface area contributed by atoms with Crippen LogP contribution < -0.4 is 11.1 Å². The van der Waals surface area contributed by atoms with E-state index in [1.165, 1.54) is 6.92 Å². The molecule has 18 heavy (non-hydrogen) atoms. The highest BCUT2D eigenvalue weighted by Crippen LogP contribution is 2.21. The largest absolute Gasteiger partial charge is 0.464 e. The maximum atomic E-state index is 10.8. The summed E-state index contributed by atoms with van der Waals surface area (Å²) in [5.74, 6) is -0.303. The number of nitrogens with zero attached hydrogens (tertiary/aromatic N) is 1. The molecule has 1 aromatic carbocycles. The second kappa shape index (κ2) is 6.50. The third-order valence-corrected chi connectivity index (χ3v) is 2.52. The molecule has 96 valence electrons. The van der Waals surface area contributed by atoms with Crippen molar-refractivity contribution in [2.24, 2.45) is 0 Å². The summed E-state index contributed by atoms with van der Waals surface area (Å²) >= 11 is 0. The standard InChI is InChI=1S/C13H17N3O2/c1-3-11(8-18-9(2)17)16-13-5-4-10(7-14)6-12(13)15/h4-6,11,16H,3,8,15H2,1-2H3. The Morgan fingerprint density at radius 2 is 2.33 bits per heavy atom. The molecule has 0 aliphatic heterocycles. The highest BCUT2D eigenvalue weighted by atomic mass is 16.5. The topological polar surface area (TPSA) is 88.1 Å². The summed E-state index contributed by atoms with van der Waals surface area (Å²) in [6, 6.07) is 7.09. The Morgan fingerprint density at radius 3 is 2.83 bits per heavy atom. The van der Waals surface area contributed by atoms with Crippen molar-refractivity contribution in [3.63, 3.8) is 0 Å². The van der Waals surface area contributed by atoms with Gasteiger partial charge in [0.25, 0.3) is 0 Å². The summed E-state index contributed by atoms with van der Waals surface area (Å²) in [6.07, 6.45) is 0.798. The van der Waals surface area contributed by atoms with E-state index in [1.807, 2.05) is 13.0 Å². The zero-order valence-electron chi connectivity index (χ0n) is 10.6. The first kappa shape index (κ1) is 13.8.